The molecule has 2 saturated carbocycles. The molecule has 5 nitrogen and oxygen atoms in total. The van der Waals surface area contributed by atoms with Crippen LogP contribution in [0.3, 0.4) is 0 Å². The third kappa shape index (κ3) is 2.94. The monoisotopic (exact) mass is 255 g/mol. The number of amides is 1. The number of nitrogens with one attached hydrogen (secondary N) is 1. The van der Waals surface area contributed by atoms with E-state index in [4.69, 9.17) is 9.47 Å². The van der Waals surface area contributed by atoms with E-state index < -0.39 is 5.60 Å². The van der Waals surface area contributed by atoms with E-state index in [1.807, 2.05) is 20.8 Å². The van der Waals surface area contributed by atoms with Gasteiger partial charge in [0.2, 0.25) is 0 Å². The summed E-state index contributed by atoms with van der Waals surface area (Å²) in [5.74, 6) is 0.163. The van der Waals surface area contributed by atoms with E-state index in [1.165, 1.54) is 6.92 Å². The lowest BCUT2D eigenvalue weighted by molar-refractivity contribution is -0.141. The predicted molar refractivity (Wildman–Crippen MR) is 64.9 cm³/mol. The van der Waals surface area contributed by atoms with Crippen molar-refractivity contribution in [2.45, 2.75) is 52.2 Å². The third-order valence-electron chi connectivity index (χ3n) is 3.58. The molecule has 0 aromatic heterocycles. The van der Waals surface area contributed by atoms with Gasteiger partial charge in [-0.25, -0.2) is 4.79 Å². The Labute approximate surface area is 107 Å². The Hall–Kier alpha value is -1.26. The molecule has 0 aromatic carbocycles. The van der Waals surface area contributed by atoms with Crippen molar-refractivity contribution in [2.75, 3.05) is 6.61 Å². The number of hydrogen-bond acceptors (Lipinski definition) is 4. The molecule has 2 rings (SSSR count). The van der Waals surface area contributed by atoms with Gasteiger partial charge in [-0.05, 0) is 39.0 Å². The Morgan fingerprint density at radius 2 is 2.00 bits per heavy atom. The second-order valence-corrected chi connectivity index (χ2v) is 6.34. The summed E-state index contributed by atoms with van der Waals surface area (Å²) in [5, 5.41) is 2.88. The van der Waals surface area contributed by atoms with Gasteiger partial charge in [-0.3, -0.25) is 4.79 Å². The van der Waals surface area contributed by atoms with Gasteiger partial charge in [0.15, 0.2) is 0 Å². The Bertz CT molecular complexity index is 374. The summed E-state index contributed by atoms with van der Waals surface area (Å²) >= 11 is 0. The van der Waals surface area contributed by atoms with Gasteiger partial charge in [-0.2, -0.15) is 0 Å². The van der Waals surface area contributed by atoms with Gasteiger partial charge in [-0.15, -0.1) is 0 Å². The molecule has 3 atom stereocenters. The average Bonchev–Trinajstić information content (AvgIpc) is 3.01. The highest BCUT2D eigenvalue weighted by Crippen LogP contribution is 2.70. The van der Waals surface area contributed by atoms with Crippen LogP contribution in [0, 0.1) is 11.3 Å². The van der Waals surface area contributed by atoms with Crippen LogP contribution in [0.15, 0.2) is 0 Å². The van der Waals surface area contributed by atoms with Crippen LogP contribution in [-0.4, -0.2) is 30.3 Å². The quantitative estimate of drug-likeness (QED) is 0.782. The molecule has 0 radical (unpaired) electrons. The molecule has 5 heteroatoms. The minimum Gasteiger partial charge on any atom is -0.466 e. The van der Waals surface area contributed by atoms with Crippen LogP contribution in [0.4, 0.5) is 4.79 Å². The van der Waals surface area contributed by atoms with Crippen molar-refractivity contribution < 1.29 is 19.1 Å². The molecule has 18 heavy (non-hydrogen) atoms. The molecule has 0 unspecified atom stereocenters. The molecule has 0 aromatic rings. The van der Waals surface area contributed by atoms with Gasteiger partial charge in [0.1, 0.15) is 5.60 Å². The van der Waals surface area contributed by atoms with Crippen LogP contribution in [0.25, 0.3) is 0 Å². The number of carbonyl (C=O) groups excluding carboxylic acids is 2. The van der Waals surface area contributed by atoms with Crippen LogP contribution < -0.4 is 5.32 Å². The summed E-state index contributed by atoms with van der Waals surface area (Å²) in [6.07, 6.45) is 1.64. The van der Waals surface area contributed by atoms with Crippen LogP contribution in [-0.2, 0) is 14.3 Å². The maximum Gasteiger partial charge on any atom is 0.407 e. The van der Waals surface area contributed by atoms with E-state index in [9.17, 15) is 9.59 Å². The molecule has 0 aliphatic heterocycles. The lowest BCUT2D eigenvalue weighted by atomic mass is 10.2. The molecule has 0 bridgehead atoms. The van der Waals surface area contributed by atoms with Crippen LogP contribution in [0.5, 0.6) is 0 Å². The number of carbonyl (C=O) groups is 2. The first-order valence-electron chi connectivity index (χ1n) is 6.36. The van der Waals surface area contributed by atoms with Crippen molar-refractivity contribution in [3.05, 3.63) is 0 Å². The highest BCUT2D eigenvalue weighted by Gasteiger charge is 2.71. The Morgan fingerprint density at radius 1 is 1.33 bits per heavy atom. The third-order valence-corrected chi connectivity index (χ3v) is 3.58. The summed E-state index contributed by atoms with van der Waals surface area (Å²) in [4.78, 5) is 22.3. The standard InChI is InChI=1S/C13H21NO4/c1-8(15)17-7-9-5-13(9)6-10(13)14-11(16)18-12(2,3)4/h9-10H,5-7H2,1-4H3,(H,14,16)/t9-,10+,13+/m1/s1. The normalized spacial score (nSPS) is 32.9. The number of ether oxygens (including phenoxy) is 2. The van der Waals surface area contributed by atoms with Crippen molar-refractivity contribution in [1.82, 2.24) is 5.32 Å². The number of alkyl carbamates (subject to hydrolysis) is 1. The maximum absolute atomic E-state index is 11.6. The largest absolute Gasteiger partial charge is 0.466 e. The SMILES string of the molecule is CC(=O)OC[C@H]1C[C@]12C[C@@H]2NC(=O)OC(C)(C)C. The molecular formula is C13H21NO4. The molecule has 2 fully saturated rings. The first-order chi connectivity index (χ1) is 8.23. The van der Waals surface area contributed by atoms with E-state index in [-0.39, 0.29) is 23.5 Å². The van der Waals surface area contributed by atoms with E-state index in [1.54, 1.807) is 0 Å². The Balaban J connectivity index is 1.70. The van der Waals surface area contributed by atoms with Gasteiger partial charge in [0.25, 0.3) is 0 Å². The fraction of sp³-hybridized carbons (Fsp3) is 0.846. The average molecular weight is 255 g/mol. The lowest BCUT2D eigenvalue weighted by Gasteiger charge is -2.19. The summed E-state index contributed by atoms with van der Waals surface area (Å²) < 4.78 is 10.2. The van der Waals surface area contributed by atoms with Crippen molar-refractivity contribution in [3.8, 4) is 0 Å². The number of hydrogen-bond donors (Lipinski definition) is 1. The van der Waals surface area contributed by atoms with Crippen molar-refractivity contribution in [3.63, 3.8) is 0 Å². The van der Waals surface area contributed by atoms with E-state index in [0.29, 0.717) is 12.5 Å². The maximum atomic E-state index is 11.6. The molecule has 0 heterocycles. The molecule has 0 saturated heterocycles. The number of esters is 1. The van der Waals surface area contributed by atoms with Crippen LogP contribution >= 0.6 is 0 Å². The Kier molecular flexibility index (Phi) is 3.03. The lowest BCUT2D eigenvalue weighted by Crippen LogP contribution is -2.34. The molecule has 2 aliphatic carbocycles. The highest BCUT2D eigenvalue weighted by molar-refractivity contribution is 5.69. The van der Waals surface area contributed by atoms with E-state index >= 15 is 0 Å². The minimum absolute atomic E-state index is 0.187. The summed E-state index contributed by atoms with van der Waals surface area (Å²) in [7, 11) is 0. The first kappa shape index (κ1) is 13.2. The number of rotatable bonds is 3. The smallest absolute Gasteiger partial charge is 0.407 e. The zero-order valence-corrected chi connectivity index (χ0v) is 11.4. The Morgan fingerprint density at radius 3 is 2.56 bits per heavy atom. The first-order valence-corrected chi connectivity index (χ1v) is 6.36. The van der Waals surface area contributed by atoms with Gasteiger partial charge < -0.3 is 14.8 Å². The van der Waals surface area contributed by atoms with E-state index in [2.05, 4.69) is 5.32 Å². The van der Waals surface area contributed by atoms with Crippen LogP contribution in [0.1, 0.15) is 40.5 Å². The van der Waals surface area contributed by atoms with Gasteiger partial charge in [0, 0.05) is 18.9 Å². The second kappa shape index (κ2) is 4.14. The highest BCUT2D eigenvalue weighted by atomic mass is 16.6. The van der Waals surface area contributed by atoms with Crippen molar-refractivity contribution in [1.29, 1.82) is 0 Å². The summed E-state index contributed by atoms with van der Waals surface area (Å²) in [6.45, 7) is 7.42. The molecule has 1 spiro atoms. The molecule has 1 N–H and O–H groups in total. The zero-order chi connectivity index (χ0) is 13.6. The zero-order valence-electron chi connectivity index (χ0n) is 11.4. The van der Waals surface area contributed by atoms with Gasteiger partial charge >= 0.3 is 12.1 Å². The molecule has 102 valence electrons. The van der Waals surface area contributed by atoms with E-state index in [0.717, 1.165) is 12.8 Å². The predicted octanol–water partition coefficient (Wildman–Crippen LogP) is 1.85. The van der Waals surface area contributed by atoms with Crippen molar-refractivity contribution >= 4 is 12.1 Å². The van der Waals surface area contributed by atoms with Crippen molar-refractivity contribution in [2.24, 2.45) is 11.3 Å². The molecule has 2 aliphatic rings. The summed E-state index contributed by atoms with van der Waals surface area (Å²) in [6, 6.07) is 0.188. The second-order valence-electron chi connectivity index (χ2n) is 6.34. The fourth-order valence-electron chi connectivity index (χ4n) is 2.49. The molecular weight excluding hydrogens is 234 g/mol. The minimum atomic E-state index is -0.465. The van der Waals surface area contributed by atoms with Gasteiger partial charge in [-0.1, -0.05) is 0 Å². The fourth-order valence-corrected chi connectivity index (χ4v) is 2.49. The van der Waals surface area contributed by atoms with Crippen LogP contribution in [0.2, 0.25) is 0 Å². The van der Waals surface area contributed by atoms with Gasteiger partial charge in [0.05, 0.1) is 6.61 Å². The topological polar surface area (TPSA) is 64.6 Å². The molecule has 1 amide bonds. The summed E-state index contributed by atoms with van der Waals surface area (Å²) in [5.41, 5.74) is -0.279.